The van der Waals surface area contributed by atoms with E-state index in [-0.39, 0.29) is 17.9 Å². The molecule has 2 fully saturated rings. The Hall–Kier alpha value is -0.650. The quantitative estimate of drug-likeness (QED) is 0.843. The highest BCUT2D eigenvalue weighted by molar-refractivity contribution is 5.82. The fourth-order valence-corrected chi connectivity index (χ4v) is 3.34. The van der Waals surface area contributed by atoms with Crippen molar-refractivity contribution in [3.8, 4) is 0 Å². The van der Waals surface area contributed by atoms with Gasteiger partial charge in [0.2, 0.25) is 5.91 Å². The summed E-state index contributed by atoms with van der Waals surface area (Å²) in [6, 6.07) is 0.259. The zero-order valence-corrected chi connectivity index (χ0v) is 13.8. The number of hydrogen-bond donors (Lipinski definition) is 1. The Labute approximate surface area is 128 Å². The van der Waals surface area contributed by atoms with Gasteiger partial charge in [-0.25, -0.2) is 0 Å². The third-order valence-electron chi connectivity index (χ3n) is 5.11. The number of carbonyl (C=O) groups excluding carboxylic acids is 1. The van der Waals surface area contributed by atoms with Crippen molar-refractivity contribution in [3.05, 3.63) is 0 Å². The molecule has 2 aliphatic heterocycles. The van der Waals surface area contributed by atoms with E-state index in [1.165, 1.54) is 0 Å². The average Bonchev–Trinajstić information content (AvgIpc) is 2.53. The van der Waals surface area contributed by atoms with E-state index in [1.54, 1.807) is 0 Å². The lowest BCUT2D eigenvalue weighted by Gasteiger charge is -2.42. The van der Waals surface area contributed by atoms with Gasteiger partial charge in [-0.2, -0.15) is 0 Å². The minimum atomic E-state index is -0.338. The molecule has 3 atom stereocenters. The number of amides is 1. The van der Waals surface area contributed by atoms with Crippen LogP contribution in [0.2, 0.25) is 0 Å². The molecule has 0 aromatic rings. The molecule has 0 aliphatic carbocycles. The van der Waals surface area contributed by atoms with Crippen LogP contribution in [0.3, 0.4) is 0 Å². The van der Waals surface area contributed by atoms with Crippen LogP contribution in [0.4, 0.5) is 0 Å². The van der Waals surface area contributed by atoms with Crippen molar-refractivity contribution in [2.45, 2.75) is 58.2 Å². The second-order valence-electron chi connectivity index (χ2n) is 6.64. The molecule has 0 radical (unpaired) electrons. The van der Waals surface area contributed by atoms with E-state index in [4.69, 9.17) is 10.5 Å². The van der Waals surface area contributed by atoms with Gasteiger partial charge in [0, 0.05) is 32.2 Å². The Bertz CT molecular complexity index is 342. The van der Waals surface area contributed by atoms with Crippen molar-refractivity contribution < 1.29 is 9.53 Å². The van der Waals surface area contributed by atoms with Gasteiger partial charge in [0.25, 0.3) is 0 Å². The first-order valence-electron chi connectivity index (χ1n) is 8.43. The highest BCUT2D eigenvalue weighted by Gasteiger charge is 2.31. The van der Waals surface area contributed by atoms with Crippen molar-refractivity contribution >= 4 is 5.91 Å². The minimum Gasteiger partial charge on any atom is -0.376 e. The molecule has 0 saturated carbocycles. The summed E-state index contributed by atoms with van der Waals surface area (Å²) in [5, 5.41) is 0. The van der Waals surface area contributed by atoms with Gasteiger partial charge in [0.15, 0.2) is 0 Å². The first kappa shape index (κ1) is 16.7. The highest BCUT2D eigenvalue weighted by atomic mass is 16.5. The van der Waals surface area contributed by atoms with E-state index in [9.17, 15) is 4.79 Å². The van der Waals surface area contributed by atoms with Crippen LogP contribution >= 0.6 is 0 Å². The number of carbonyl (C=O) groups is 1. The fourth-order valence-electron chi connectivity index (χ4n) is 3.34. The first-order chi connectivity index (χ1) is 10.0. The second-order valence-corrected chi connectivity index (χ2v) is 6.64. The van der Waals surface area contributed by atoms with Gasteiger partial charge in [-0.05, 0) is 25.7 Å². The summed E-state index contributed by atoms with van der Waals surface area (Å²) in [5.74, 6) is 0.397. The van der Waals surface area contributed by atoms with Crippen LogP contribution in [-0.2, 0) is 9.53 Å². The summed E-state index contributed by atoms with van der Waals surface area (Å²) in [6.07, 6.45) is 3.41. The molecule has 5 nitrogen and oxygen atoms in total. The molecule has 2 N–H and O–H groups in total. The van der Waals surface area contributed by atoms with Crippen molar-refractivity contribution in [3.63, 3.8) is 0 Å². The SMILES string of the molecule is CCC(C)C(N)C(=O)N1CCC(N2CCOC(C)C2)CC1. The molecule has 122 valence electrons. The largest absolute Gasteiger partial charge is 0.376 e. The average molecular weight is 297 g/mol. The maximum Gasteiger partial charge on any atom is 0.239 e. The van der Waals surface area contributed by atoms with Crippen molar-refractivity contribution in [2.75, 3.05) is 32.8 Å². The molecule has 0 bridgehead atoms. The van der Waals surface area contributed by atoms with E-state index in [2.05, 4.69) is 25.7 Å². The second kappa shape index (κ2) is 7.56. The molecule has 0 aromatic carbocycles. The van der Waals surface area contributed by atoms with Crippen LogP contribution in [-0.4, -0.2) is 66.7 Å². The number of ether oxygens (including phenoxy) is 1. The molecule has 5 heteroatoms. The van der Waals surface area contributed by atoms with E-state index in [0.717, 1.165) is 52.0 Å². The molecule has 2 aliphatic rings. The summed E-state index contributed by atoms with van der Waals surface area (Å²) in [5.41, 5.74) is 6.08. The first-order valence-corrected chi connectivity index (χ1v) is 8.43. The molecule has 2 saturated heterocycles. The number of likely N-dealkylation sites (tertiary alicyclic amines) is 1. The van der Waals surface area contributed by atoms with Crippen LogP contribution in [0, 0.1) is 5.92 Å². The standard InChI is InChI=1S/C16H31N3O2/c1-4-12(2)15(17)16(20)18-7-5-14(6-8-18)19-9-10-21-13(3)11-19/h12-15H,4-11,17H2,1-3H3. The van der Waals surface area contributed by atoms with Crippen LogP contribution < -0.4 is 5.73 Å². The van der Waals surface area contributed by atoms with E-state index in [0.29, 0.717) is 12.1 Å². The highest BCUT2D eigenvalue weighted by Crippen LogP contribution is 2.20. The molecule has 21 heavy (non-hydrogen) atoms. The van der Waals surface area contributed by atoms with Gasteiger partial charge in [-0.3, -0.25) is 9.69 Å². The molecule has 2 rings (SSSR count). The number of hydrogen-bond acceptors (Lipinski definition) is 4. The third kappa shape index (κ3) is 4.18. The zero-order chi connectivity index (χ0) is 15.4. The molecule has 0 aromatic heterocycles. The summed E-state index contributed by atoms with van der Waals surface area (Å²) in [6.45, 7) is 10.8. The molecule has 1 amide bonds. The van der Waals surface area contributed by atoms with Crippen LogP contribution in [0.1, 0.15) is 40.0 Å². The van der Waals surface area contributed by atoms with E-state index < -0.39 is 0 Å². The molecule has 3 unspecified atom stereocenters. The van der Waals surface area contributed by atoms with Crippen LogP contribution in [0.25, 0.3) is 0 Å². The Morgan fingerprint density at radius 3 is 2.57 bits per heavy atom. The van der Waals surface area contributed by atoms with Crippen molar-refractivity contribution in [1.82, 2.24) is 9.80 Å². The predicted octanol–water partition coefficient (Wildman–Crippen LogP) is 1.07. The summed E-state index contributed by atoms with van der Waals surface area (Å²) in [7, 11) is 0. The smallest absolute Gasteiger partial charge is 0.239 e. The zero-order valence-electron chi connectivity index (χ0n) is 13.8. The fraction of sp³-hybridized carbons (Fsp3) is 0.938. The van der Waals surface area contributed by atoms with Gasteiger partial charge in [-0.15, -0.1) is 0 Å². The van der Waals surface area contributed by atoms with E-state index in [1.807, 2.05) is 4.90 Å². The number of morpholine rings is 1. The van der Waals surface area contributed by atoms with E-state index >= 15 is 0 Å². The number of rotatable bonds is 4. The predicted molar refractivity (Wildman–Crippen MR) is 84.0 cm³/mol. The maximum absolute atomic E-state index is 12.4. The molecular weight excluding hydrogens is 266 g/mol. The Morgan fingerprint density at radius 1 is 1.33 bits per heavy atom. The summed E-state index contributed by atoms with van der Waals surface area (Å²) >= 11 is 0. The number of piperidine rings is 1. The minimum absolute atomic E-state index is 0.137. The lowest BCUT2D eigenvalue weighted by atomic mass is 9.96. The van der Waals surface area contributed by atoms with Crippen molar-refractivity contribution in [2.24, 2.45) is 11.7 Å². The van der Waals surface area contributed by atoms with Gasteiger partial charge in [0.05, 0.1) is 18.8 Å². The van der Waals surface area contributed by atoms with Gasteiger partial charge < -0.3 is 15.4 Å². The third-order valence-corrected chi connectivity index (χ3v) is 5.11. The lowest BCUT2D eigenvalue weighted by Crippen LogP contribution is -2.54. The molecule has 0 spiro atoms. The normalized spacial score (nSPS) is 28.4. The summed E-state index contributed by atoms with van der Waals surface area (Å²) in [4.78, 5) is 16.9. The molecule has 2 heterocycles. The van der Waals surface area contributed by atoms with Gasteiger partial charge in [-0.1, -0.05) is 20.3 Å². The van der Waals surface area contributed by atoms with Gasteiger partial charge in [0.1, 0.15) is 0 Å². The number of nitrogens with two attached hydrogens (primary N) is 1. The van der Waals surface area contributed by atoms with Crippen LogP contribution in [0.5, 0.6) is 0 Å². The molecular formula is C16H31N3O2. The Morgan fingerprint density at radius 2 is 2.00 bits per heavy atom. The maximum atomic E-state index is 12.4. The Balaban J connectivity index is 1.81. The van der Waals surface area contributed by atoms with Crippen molar-refractivity contribution in [1.29, 1.82) is 0 Å². The van der Waals surface area contributed by atoms with Gasteiger partial charge >= 0.3 is 0 Å². The van der Waals surface area contributed by atoms with Crippen LogP contribution in [0.15, 0.2) is 0 Å². The Kier molecular flexibility index (Phi) is 6.02. The lowest BCUT2D eigenvalue weighted by molar-refractivity contribution is -0.135. The number of nitrogens with zero attached hydrogens (tertiary/aromatic N) is 2. The summed E-state index contributed by atoms with van der Waals surface area (Å²) < 4.78 is 5.61. The topological polar surface area (TPSA) is 58.8 Å². The monoisotopic (exact) mass is 297 g/mol.